The lowest BCUT2D eigenvalue weighted by Crippen LogP contribution is -2.47. The number of primary amides is 1. The average Bonchev–Trinajstić information content (AvgIpc) is 2.91. The first-order valence-electron chi connectivity index (χ1n) is 7.60. The molecule has 3 rings (SSSR count). The second kappa shape index (κ2) is 6.26. The van der Waals surface area contributed by atoms with Gasteiger partial charge >= 0.3 is 0 Å². The van der Waals surface area contributed by atoms with Gasteiger partial charge in [0.1, 0.15) is 0 Å². The first-order valence-corrected chi connectivity index (χ1v) is 7.98. The Kier molecular flexibility index (Phi) is 4.36. The van der Waals surface area contributed by atoms with Crippen LogP contribution in [-0.2, 0) is 22.7 Å². The molecule has 2 amide bonds. The number of nitrogens with two attached hydrogens (primary N) is 1. The van der Waals surface area contributed by atoms with Crippen LogP contribution in [0.15, 0.2) is 18.2 Å². The summed E-state index contributed by atoms with van der Waals surface area (Å²) in [5, 5.41) is 0.763. The van der Waals surface area contributed by atoms with Gasteiger partial charge in [0.05, 0.1) is 12.5 Å². The number of hydrogen-bond acceptors (Lipinski definition) is 3. The molecule has 2 aliphatic rings. The molecular weight excluding hydrogens is 302 g/mol. The smallest absolute Gasteiger partial charge is 0.236 e. The summed E-state index contributed by atoms with van der Waals surface area (Å²) in [6.45, 7) is 2.97. The van der Waals surface area contributed by atoms with Gasteiger partial charge in [-0.1, -0.05) is 23.7 Å². The van der Waals surface area contributed by atoms with Crippen molar-refractivity contribution < 1.29 is 9.59 Å². The van der Waals surface area contributed by atoms with Crippen molar-refractivity contribution in [3.63, 3.8) is 0 Å². The lowest BCUT2D eigenvalue weighted by molar-refractivity contribution is -0.136. The Labute approximate surface area is 135 Å². The maximum absolute atomic E-state index is 12.5. The van der Waals surface area contributed by atoms with E-state index < -0.39 is 0 Å². The Bertz CT molecular complexity index is 605. The van der Waals surface area contributed by atoms with Crippen LogP contribution in [0.3, 0.4) is 0 Å². The standard InChI is InChI=1S/C16H20ClN3O2/c17-14-5-1-3-11-7-19(9-13(11)14)10-15(21)20-6-2-4-12(8-20)16(18)22/h1,3,5,12H,2,4,6-10H2,(H2,18,22). The molecule has 2 heterocycles. The van der Waals surface area contributed by atoms with Crippen LogP contribution in [0.1, 0.15) is 24.0 Å². The number of piperidine rings is 1. The zero-order valence-corrected chi connectivity index (χ0v) is 13.2. The molecule has 1 fully saturated rings. The molecule has 1 saturated heterocycles. The van der Waals surface area contributed by atoms with Gasteiger partial charge in [-0.15, -0.1) is 0 Å². The SMILES string of the molecule is NC(=O)C1CCCN(C(=O)CN2Cc3cccc(Cl)c3C2)C1. The molecule has 1 unspecified atom stereocenters. The van der Waals surface area contributed by atoms with Gasteiger partial charge in [0.15, 0.2) is 0 Å². The number of likely N-dealkylation sites (tertiary alicyclic amines) is 1. The lowest BCUT2D eigenvalue weighted by atomic mass is 9.97. The highest BCUT2D eigenvalue weighted by Gasteiger charge is 2.29. The lowest BCUT2D eigenvalue weighted by Gasteiger charge is -2.32. The number of amides is 2. The Morgan fingerprint density at radius 2 is 2.14 bits per heavy atom. The molecular formula is C16H20ClN3O2. The minimum absolute atomic E-state index is 0.0647. The summed E-state index contributed by atoms with van der Waals surface area (Å²) in [6, 6.07) is 5.87. The number of benzene rings is 1. The average molecular weight is 322 g/mol. The number of fused-ring (bicyclic) bond motifs is 1. The summed E-state index contributed by atoms with van der Waals surface area (Å²) in [6.07, 6.45) is 1.62. The maximum atomic E-state index is 12.5. The highest BCUT2D eigenvalue weighted by atomic mass is 35.5. The monoisotopic (exact) mass is 321 g/mol. The molecule has 0 saturated carbocycles. The molecule has 0 spiro atoms. The van der Waals surface area contributed by atoms with Crippen molar-refractivity contribution in [3.8, 4) is 0 Å². The van der Waals surface area contributed by atoms with Crippen molar-refractivity contribution in [1.29, 1.82) is 0 Å². The van der Waals surface area contributed by atoms with Crippen LogP contribution in [0, 0.1) is 5.92 Å². The maximum Gasteiger partial charge on any atom is 0.236 e. The molecule has 6 heteroatoms. The third-order valence-electron chi connectivity index (χ3n) is 4.53. The van der Waals surface area contributed by atoms with Gasteiger partial charge < -0.3 is 10.6 Å². The first kappa shape index (κ1) is 15.3. The van der Waals surface area contributed by atoms with Crippen LogP contribution >= 0.6 is 11.6 Å². The number of carbonyl (C=O) groups excluding carboxylic acids is 2. The van der Waals surface area contributed by atoms with Crippen LogP contribution in [0.5, 0.6) is 0 Å². The first-order chi connectivity index (χ1) is 10.5. The Morgan fingerprint density at radius 1 is 1.32 bits per heavy atom. The number of carbonyl (C=O) groups is 2. The molecule has 5 nitrogen and oxygen atoms in total. The molecule has 1 atom stereocenters. The molecule has 118 valence electrons. The minimum atomic E-state index is -0.308. The van der Waals surface area contributed by atoms with E-state index in [0.717, 1.165) is 30.0 Å². The van der Waals surface area contributed by atoms with E-state index in [1.54, 1.807) is 4.90 Å². The summed E-state index contributed by atoms with van der Waals surface area (Å²) in [5.41, 5.74) is 7.67. The summed E-state index contributed by atoms with van der Waals surface area (Å²) in [5.74, 6) is -0.448. The second-order valence-corrected chi connectivity index (χ2v) is 6.51. The molecule has 2 N–H and O–H groups in total. The predicted molar refractivity (Wildman–Crippen MR) is 84.1 cm³/mol. The summed E-state index contributed by atoms with van der Waals surface area (Å²) >= 11 is 6.20. The molecule has 22 heavy (non-hydrogen) atoms. The third kappa shape index (κ3) is 3.10. The van der Waals surface area contributed by atoms with E-state index in [4.69, 9.17) is 17.3 Å². The van der Waals surface area contributed by atoms with E-state index in [1.807, 2.05) is 12.1 Å². The number of halogens is 1. The fourth-order valence-corrected chi connectivity index (χ4v) is 3.54. The van der Waals surface area contributed by atoms with Gasteiger partial charge in [0.2, 0.25) is 11.8 Å². The van der Waals surface area contributed by atoms with Gasteiger partial charge in [-0.25, -0.2) is 0 Å². The van der Waals surface area contributed by atoms with Crippen molar-refractivity contribution >= 4 is 23.4 Å². The summed E-state index contributed by atoms with van der Waals surface area (Å²) in [7, 11) is 0. The van der Waals surface area contributed by atoms with E-state index in [9.17, 15) is 9.59 Å². The summed E-state index contributed by atoms with van der Waals surface area (Å²) in [4.78, 5) is 27.6. The quantitative estimate of drug-likeness (QED) is 0.914. The molecule has 1 aromatic rings. The van der Waals surface area contributed by atoms with Crippen LogP contribution in [-0.4, -0.2) is 41.2 Å². The van der Waals surface area contributed by atoms with Gasteiger partial charge in [0, 0.05) is 31.2 Å². The Morgan fingerprint density at radius 3 is 2.86 bits per heavy atom. The number of nitrogens with zero attached hydrogens (tertiary/aromatic N) is 2. The molecule has 0 aromatic heterocycles. The van der Waals surface area contributed by atoms with E-state index >= 15 is 0 Å². The molecule has 0 aliphatic carbocycles. The minimum Gasteiger partial charge on any atom is -0.369 e. The topological polar surface area (TPSA) is 66.6 Å². The van der Waals surface area contributed by atoms with Crippen molar-refractivity contribution in [2.45, 2.75) is 25.9 Å². The summed E-state index contributed by atoms with van der Waals surface area (Å²) < 4.78 is 0. The fraction of sp³-hybridized carbons (Fsp3) is 0.500. The molecule has 0 bridgehead atoms. The van der Waals surface area contributed by atoms with E-state index in [2.05, 4.69) is 11.0 Å². The fourth-order valence-electron chi connectivity index (χ4n) is 3.29. The highest BCUT2D eigenvalue weighted by molar-refractivity contribution is 6.31. The van der Waals surface area contributed by atoms with Crippen LogP contribution in [0.2, 0.25) is 5.02 Å². The van der Waals surface area contributed by atoms with Crippen LogP contribution < -0.4 is 5.73 Å². The normalized spacial score (nSPS) is 21.7. The predicted octanol–water partition coefficient (Wildman–Crippen LogP) is 1.38. The van der Waals surface area contributed by atoms with E-state index in [0.29, 0.717) is 26.2 Å². The second-order valence-electron chi connectivity index (χ2n) is 6.10. The van der Waals surface area contributed by atoms with E-state index in [1.165, 1.54) is 5.56 Å². The van der Waals surface area contributed by atoms with Gasteiger partial charge in [0.25, 0.3) is 0 Å². The van der Waals surface area contributed by atoms with Gasteiger partial charge in [-0.2, -0.15) is 0 Å². The Balaban J connectivity index is 1.59. The zero-order valence-electron chi connectivity index (χ0n) is 12.4. The van der Waals surface area contributed by atoms with Crippen molar-refractivity contribution in [2.24, 2.45) is 11.7 Å². The van der Waals surface area contributed by atoms with Crippen molar-refractivity contribution in [2.75, 3.05) is 19.6 Å². The molecule has 2 aliphatic heterocycles. The zero-order chi connectivity index (χ0) is 15.7. The molecule has 0 radical (unpaired) electrons. The van der Waals surface area contributed by atoms with Crippen molar-refractivity contribution in [1.82, 2.24) is 9.80 Å². The third-order valence-corrected chi connectivity index (χ3v) is 4.88. The molecule has 1 aromatic carbocycles. The van der Waals surface area contributed by atoms with Crippen LogP contribution in [0.25, 0.3) is 0 Å². The largest absolute Gasteiger partial charge is 0.369 e. The number of hydrogen-bond donors (Lipinski definition) is 1. The number of rotatable bonds is 3. The van der Waals surface area contributed by atoms with Crippen LogP contribution in [0.4, 0.5) is 0 Å². The van der Waals surface area contributed by atoms with Crippen molar-refractivity contribution in [3.05, 3.63) is 34.3 Å². The van der Waals surface area contributed by atoms with Gasteiger partial charge in [-0.3, -0.25) is 14.5 Å². The highest BCUT2D eigenvalue weighted by Crippen LogP contribution is 2.29. The van der Waals surface area contributed by atoms with Gasteiger partial charge in [-0.05, 0) is 30.0 Å². The Hall–Kier alpha value is -1.59. The van der Waals surface area contributed by atoms with E-state index in [-0.39, 0.29) is 17.7 Å².